The van der Waals surface area contributed by atoms with Crippen LogP contribution in [-0.4, -0.2) is 40.8 Å². The summed E-state index contributed by atoms with van der Waals surface area (Å²) >= 11 is 0. The molecule has 0 fully saturated rings. The number of hydrogen-bond donors (Lipinski definition) is 2. The van der Waals surface area contributed by atoms with E-state index < -0.39 is 29.2 Å². The van der Waals surface area contributed by atoms with Gasteiger partial charge in [0.1, 0.15) is 23.0 Å². The van der Waals surface area contributed by atoms with Gasteiger partial charge < -0.3 is 14.6 Å². The van der Waals surface area contributed by atoms with Gasteiger partial charge in [-0.25, -0.2) is 0 Å². The van der Waals surface area contributed by atoms with Gasteiger partial charge in [0.15, 0.2) is 0 Å². The summed E-state index contributed by atoms with van der Waals surface area (Å²) in [7, 11) is 0. The number of carbonyl (C=O) groups is 2. The number of hydrogen-bond acceptors (Lipinski definition) is 6. The van der Waals surface area contributed by atoms with E-state index >= 15 is 0 Å². The van der Waals surface area contributed by atoms with Crippen molar-refractivity contribution in [3.63, 3.8) is 0 Å². The number of phenols is 1. The van der Waals surface area contributed by atoms with Crippen LogP contribution in [0.2, 0.25) is 0 Å². The first-order valence-corrected chi connectivity index (χ1v) is 8.32. The van der Waals surface area contributed by atoms with E-state index in [-0.39, 0.29) is 12.3 Å². The Hall–Kier alpha value is -2.08. The Morgan fingerprint density at radius 3 is 2.00 bits per heavy atom. The molecular weight excluding hydrogens is 322 g/mol. The van der Waals surface area contributed by atoms with Crippen molar-refractivity contribution in [1.82, 2.24) is 5.32 Å². The maximum atomic E-state index is 12.4. The highest BCUT2D eigenvalue weighted by molar-refractivity contribution is 5.78. The van der Waals surface area contributed by atoms with Gasteiger partial charge in [0, 0.05) is 0 Å². The molecule has 6 heteroatoms. The molecule has 1 aromatic carbocycles. The summed E-state index contributed by atoms with van der Waals surface area (Å²) in [6, 6.07) is 5.85. The zero-order valence-corrected chi connectivity index (χ0v) is 15.9. The summed E-state index contributed by atoms with van der Waals surface area (Å²) in [5.41, 5.74) is -0.375. The molecule has 0 saturated heterocycles. The van der Waals surface area contributed by atoms with Crippen molar-refractivity contribution in [3.8, 4) is 5.75 Å². The highest BCUT2D eigenvalue weighted by atomic mass is 16.6. The van der Waals surface area contributed by atoms with E-state index in [1.54, 1.807) is 65.8 Å². The third kappa shape index (κ3) is 9.10. The smallest absolute Gasteiger partial charge is 0.324 e. The molecule has 1 unspecified atom stereocenters. The molecule has 0 amide bonds. The molecule has 0 radical (unpaired) electrons. The second-order valence-electron chi connectivity index (χ2n) is 7.92. The van der Waals surface area contributed by atoms with Gasteiger partial charge in [0.05, 0.1) is 6.54 Å². The number of benzene rings is 1. The van der Waals surface area contributed by atoms with Crippen molar-refractivity contribution in [2.75, 3.05) is 6.54 Å². The largest absolute Gasteiger partial charge is 0.508 e. The Morgan fingerprint density at radius 2 is 1.52 bits per heavy atom. The molecule has 2 N–H and O–H groups in total. The third-order valence-corrected chi connectivity index (χ3v) is 2.98. The monoisotopic (exact) mass is 351 g/mol. The van der Waals surface area contributed by atoms with E-state index in [1.165, 1.54) is 0 Å². The minimum atomic E-state index is -0.698. The molecule has 1 rings (SSSR count). The van der Waals surface area contributed by atoms with E-state index in [2.05, 4.69) is 5.32 Å². The van der Waals surface area contributed by atoms with E-state index in [0.29, 0.717) is 6.42 Å². The maximum Gasteiger partial charge on any atom is 0.324 e. The van der Waals surface area contributed by atoms with E-state index in [4.69, 9.17) is 9.47 Å². The van der Waals surface area contributed by atoms with Crippen LogP contribution in [0.1, 0.15) is 47.1 Å². The van der Waals surface area contributed by atoms with Crippen molar-refractivity contribution >= 4 is 11.9 Å². The lowest BCUT2D eigenvalue weighted by atomic mass is 10.1. The molecule has 0 heterocycles. The van der Waals surface area contributed by atoms with Crippen molar-refractivity contribution in [3.05, 3.63) is 29.8 Å². The van der Waals surface area contributed by atoms with Crippen LogP contribution in [0.3, 0.4) is 0 Å². The fourth-order valence-electron chi connectivity index (χ4n) is 2.06. The average molecular weight is 351 g/mol. The number of nitrogens with one attached hydrogen (secondary N) is 1. The lowest BCUT2D eigenvalue weighted by Gasteiger charge is -2.25. The van der Waals surface area contributed by atoms with Crippen molar-refractivity contribution < 1.29 is 24.2 Å². The quantitative estimate of drug-likeness (QED) is 0.766. The molecule has 0 aromatic heterocycles. The number of esters is 2. The Balaban J connectivity index is 2.78. The number of aromatic hydroxyl groups is 1. The van der Waals surface area contributed by atoms with Gasteiger partial charge in [-0.15, -0.1) is 0 Å². The van der Waals surface area contributed by atoms with Crippen LogP contribution in [0.4, 0.5) is 0 Å². The molecule has 1 atom stereocenters. The van der Waals surface area contributed by atoms with Crippen molar-refractivity contribution in [2.24, 2.45) is 0 Å². The summed E-state index contributed by atoms with van der Waals surface area (Å²) < 4.78 is 10.7. The van der Waals surface area contributed by atoms with Crippen molar-refractivity contribution in [2.45, 2.75) is 65.2 Å². The van der Waals surface area contributed by atoms with Crippen LogP contribution in [-0.2, 0) is 25.5 Å². The molecule has 1 aromatic rings. The van der Waals surface area contributed by atoms with Crippen LogP contribution in [0, 0.1) is 0 Å². The highest BCUT2D eigenvalue weighted by Gasteiger charge is 2.26. The third-order valence-electron chi connectivity index (χ3n) is 2.98. The molecule has 140 valence electrons. The SMILES string of the molecule is CC(C)(C)OC(=O)CNC(Cc1ccc(O)cc1)C(=O)OC(C)(C)C. The molecular formula is C19H29NO5. The molecule has 0 saturated carbocycles. The number of rotatable bonds is 6. The normalized spacial score (nSPS) is 13.2. The topological polar surface area (TPSA) is 84.9 Å². The number of phenolic OH excluding ortho intramolecular Hbond substituents is 1. The zero-order valence-electron chi connectivity index (χ0n) is 15.9. The van der Waals surface area contributed by atoms with Gasteiger partial charge in [-0.05, 0) is 65.7 Å². The number of ether oxygens (including phenoxy) is 2. The van der Waals surface area contributed by atoms with E-state index in [1.807, 2.05) is 0 Å². The fourth-order valence-corrected chi connectivity index (χ4v) is 2.06. The summed E-state index contributed by atoms with van der Waals surface area (Å²) in [4.78, 5) is 24.3. The molecule has 0 spiro atoms. The Labute approximate surface area is 149 Å². The van der Waals surface area contributed by atoms with Crippen LogP contribution in [0.25, 0.3) is 0 Å². The molecule has 6 nitrogen and oxygen atoms in total. The van der Waals surface area contributed by atoms with Gasteiger partial charge in [-0.2, -0.15) is 0 Å². The molecule has 25 heavy (non-hydrogen) atoms. The van der Waals surface area contributed by atoms with E-state index in [0.717, 1.165) is 5.56 Å². The summed E-state index contributed by atoms with van der Waals surface area (Å²) in [6.07, 6.45) is 0.331. The maximum absolute atomic E-state index is 12.4. The fraction of sp³-hybridized carbons (Fsp3) is 0.579. The summed E-state index contributed by atoms with van der Waals surface area (Å²) in [5, 5.41) is 12.3. The lowest BCUT2D eigenvalue weighted by Crippen LogP contribution is -2.45. The Kier molecular flexibility index (Phi) is 6.99. The van der Waals surface area contributed by atoms with Crippen LogP contribution >= 0.6 is 0 Å². The van der Waals surface area contributed by atoms with Gasteiger partial charge >= 0.3 is 11.9 Å². The Morgan fingerprint density at radius 1 is 1.00 bits per heavy atom. The minimum absolute atomic E-state index is 0.0980. The van der Waals surface area contributed by atoms with Gasteiger partial charge in [-0.1, -0.05) is 12.1 Å². The average Bonchev–Trinajstić information content (AvgIpc) is 2.41. The first kappa shape index (κ1) is 21.0. The molecule has 0 bridgehead atoms. The standard InChI is InChI=1S/C19H29NO5/c1-18(2,3)24-16(22)12-20-15(17(23)25-19(4,5)6)11-13-7-9-14(21)10-8-13/h7-10,15,20-21H,11-12H2,1-6H3. The zero-order chi connectivity index (χ0) is 19.3. The summed E-state index contributed by atoms with van der Waals surface area (Å²) in [6.45, 7) is 10.6. The predicted octanol–water partition coefficient (Wildman–Crippen LogP) is 2.58. The van der Waals surface area contributed by atoms with Gasteiger partial charge in [0.2, 0.25) is 0 Å². The molecule has 0 aliphatic rings. The van der Waals surface area contributed by atoms with Crippen LogP contribution in [0.15, 0.2) is 24.3 Å². The van der Waals surface area contributed by atoms with Crippen LogP contribution in [0.5, 0.6) is 5.75 Å². The highest BCUT2D eigenvalue weighted by Crippen LogP contribution is 2.14. The lowest BCUT2D eigenvalue weighted by molar-refractivity contribution is -0.158. The molecule has 0 aliphatic heterocycles. The van der Waals surface area contributed by atoms with Gasteiger partial charge in [0.25, 0.3) is 0 Å². The van der Waals surface area contributed by atoms with Crippen molar-refractivity contribution in [1.29, 1.82) is 0 Å². The Bertz CT molecular complexity index is 581. The minimum Gasteiger partial charge on any atom is -0.508 e. The second kappa shape index (κ2) is 8.34. The number of carbonyl (C=O) groups excluding carboxylic acids is 2. The second-order valence-corrected chi connectivity index (χ2v) is 7.92. The first-order valence-electron chi connectivity index (χ1n) is 8.32. The van der Waals surface area contributed by atoms with Gasteiger partial charge in [-0.3, -0.25) is 14.9 Å². The van der Waals surface area contributed by atoms with Crippen LogP contribution < -0.4 is 5.32 Å². The van der Waals surface area contributed by atoms with E-state index in [9.17, 15) is 14.7 Å². The molecule has 0 aliphatic carbocycles. The first-order chi connectivity index (χ1) is 11.4. The summed E-state index contributed by atoms with van der Waals surface area (Å²) in [5.74, 6) is -0.727. The predicted molar refractivity (Wildman–Crippen MR) is 95.3 cm³/mol.